The lowest BCUT2D eigenvalue weighted by Gasteiger charge is -2.24. The molecule has 1 saturated heterocycles. The van der Waals surface area contributed by atoms with Gasteiger partial charge < -0.3 is 14.4 Å². The Kier molecular flexibility index (Phi) is 3.65. The van der Waals surface area contributed by atoms with Crippen LogP contribution in [-0.2, 0) is 9.47 Å². The SMILES string of the molecule is CCN(CC)CC1COC2(CCCC2)O1. The van der Waals surface area contributed by atoms with Gasteiger partial charge in [0.2, 0.25) is 0 Å². The Hall–Kier alpha value is -0.120. The molecule has 0 bridgehead atoms. The van der Waals surface area contributed by atoms with E-state index in [0.717, 1.165) is 39.1 Å². The predicted octanol–water partition coefficient (Wildman–Crippen LogP) is 2.01. The van der Waals surface area contributed by atoms with Crippen molar-refractivity contribution in [2.45, 2.75) is 51.4 Å². The highest BCUT2D eigenvalue weighted by atomic mass is 16.7. The smallest absolute Gasteiger partial charge is 0.168 e. The molecule has 0 radical (unpaired) electrons. The maximum absolute atomic E-state index is 6.08. The summed E-state index contributed by atoms with van der Waals surface area (Å²) in [5, 5.41) is 0. The van der Waals surface area contributed by atoms with Crippen molar-refractivity contribution in [3.63, 3.8) is 0 Å². The Bertz CT molecular complexity index is 198. The van der Waals surface area contributed by atoms with Gasteiger partial charge in [0, 0.05) is 19.4 Å². The molecule has 1 spiro atoms. The normalized spacial score (nSPS) is 29.4. The van der Waals surface area contributed by atoms with Gasteiger partial charge >= 0.3 is 0 Å². The molecule has 15 heavy (non-hydrogen) atoms. The van der Waals surface area contributed by atoms with Gasteiger partial charge in [-0.05, 0) is 25.9 Å². The highest BCUT2D eigenvalue weighted by molar-refractivity contribution is 4.84. The van der Waals surface area contributed by atoms with Crippen molar-refractivity contribution in [2.24, 2.45) is 0 Å². The minimum Gasteiger partial charge on any atom is -0.347 e. The Morgan fingerprint density at radius 2 is 1.87 bits per heavy atom. The van der Waals surface area contributed by atoms with Crippen molar-refractivity contribution < 1.29 is 9.47 Å². The summed E-state index contributed by atoms with van der Waals surface area (Å²) in [6.07, 6.45) is 5.02. The highest BCUT2D eigenvalue weighted by Crippen LogP contribution is 2.39. The van der Waals surface area contributed by atoms with Crippen LogP contribution >= 0.6 is 0 Å². The van der Waals surface area contributed by atoms with E-state index in [1.165, 1.54) is 12.8 Å². The van der Waals surface area contributed by atoms with Crippen LogP contribution in [0.2, 0.25) is 0 Å². The maximum atomic E-state index is 6.08. The maximum Gasteiger partial charge on any atom is 0.168 e. The van der Waals surface area contributed by atoms with E-state index in [0.29, 0.717) is 6.10 Å². The molecule has 3 heteroatoms. The molecule has 1 aliphatic heterocycles. The summed E-state index contributed by atoms with van der Waals surface area (Å²) in [6, 6.07) is 0. The Labute approximate surface area is 92.7 Å². The average molecular weight is 213 g/mol. The lowest BCUT2D eigenvalue weighted by molar-refractivity contribution is -0.163. The van der Waals surface area contributed by atoms with Crippen LogP contribution in [0.4, 0.5) is 0 Å². The second-order valence-electron chi connectivity index (χ2n) is 4.65. The van der Waals surface area contributed by atoms with Gasteiger partial charge in [-0.1, -0.05) is 13.8 Å². The number of hydrogen-bond acceptors (Lipinski definition) is 3. The van der Waals surface area contributed by atoms with Crippen LogP contribution in [0, 0.1) is 0 Å². The molecule has 2 fully saturated rings. The van der Waals surface area contributed by atoms with Crippen LogP contribution in [0.1, 0.15) is 39.5 Å². The third-order valence-electron chi connectivity index (χ3n) is 3.64. The molecule has 1 atom stereocenters. The summed E-state index contributed by atoms with van der Waals surface area (Å²) in [7, 11) is 0. The summed E-state index contributed by atoms with van der Waals surface area (Å²) < 4.78 is 11.9. The van der Waals surface area contributed by atoms with E-state index in [9.17, 15) is 0 Å². The predicted molar refractivity (Wildman–Crippen MR) is 59.8 cm³/mol. The van der Waals surface area contributed by atoms with Crippen molar-refractivity contribution in [1.82, 2.24) is 4.90 Å². The zero-order valence-electron chi connectivity index (χ0n) is 10.00. The molecule has 1 heterocycles. The number of likely N-dealkylation sites (N-methyl/N-ethyl adjacent to an activating group) is 1. The van der Waals surface area contributed by atoms with E-state index >= 15 is 0 Å². The summed E-state index contributed by atoms with van der Waals surface area (Å²) in [5.74, 6) is -0.183. The summed E-state index contributed by atoms with van der Waals surface area (Å²) in [6.45, 7) is 8.41. The van der Waals surface area contributed by atoms with Gasteiger partial charge in [-0.3, -0.25) is 0 Å². The molecular formula is C12H23NO2. The first kappa shape index (κ1) is 11.4. The van der Waals surface area contributed by atoms with E-state index in [4.69, 9.17) is 9.47 Å². The Morgan fingerprint density at radius 1 is 1.20 bits per heavy atom. The monoisotopic (exact) mass is 213 g/mol. The number of rotatable bonds is 4. The fourth-order valence-corrected chi connectivity index (χ4v) is 2.65. The fourth-order valence-electron chi connectivity index (χ4n) is 2.65. The molecule has 2 aliphatic rings. The van der Waals surface area contributed by atoms with Gasteiger partial charge in [-0.2, -0.15) is 0 Å². The van der Waals surface area contributed by atoms with Crippen LogP contribution in [0.15, 0.2) is 0 Å². The molecule has 0 N–H and O–H groups in total. The second-order valence-corrected chi connectivity index (χ2v) is 4.65. The zero-order chi connectivity index (χ0) is 10.7. The van der Waals surface area contributed by atoms with E-state index < -0.39 is 0 Å². The summed E-state index contributed by atoms with van der Waals surface area (Å²) in [5.41, 5.74) is 0. The van der Waals surface area contributed by atoms with Gasteiger partial charge in [0.1, 0.15) is 0 Å². The van der Waals surface area contributed by atoms with Gasteiger partial charge in [0.05, 0.1) is 12.7 Å². The Balaban J connectivity index is 1.81. The molecule has 0 amide bonds. The first-order valence-corrected chi connectivity index (χ1v) is 6.32. The lowest BCUT2D eigenvalue weighted by Crippen LogP contribution is -2.35. The van der Waals surface area contributed by atoms with Crippen LogP contribution in [0.3, 0.4) is 0 Å². The zero-order valence-corrected chi connectivity index (χ0v) is 10.00. The quantitative estimate of drug-likeness (QED) is 0.713. The molecule has 1 aliphatic carbocycles. The summed E-state index contributed by atoms with van der Waals surface area (Å²) >= 11 is 0. The number of ether oxygens (including phenoxy) is 2. The molecule has 1 unspecified atom stereocenters. The van der Waals surface area contributed by atoms with Crippen molar-refractivity contribution in [2.75, 3.05) is 26.2 Å². The van der Waals surface area contributed by atoms with Crippen molar-refractivity contribution in [1.29, 1.82) is 0 Å². The second kappa shape index (κ2) is 4.81. The van der Waals surface area contributed by atoms with E-state index in [1.807, 2.05) is 0 Å². The van der Waals surface area contributed by atoms with Crippen molar-refractivity contribution >= 4 is 0 Å². The largest absolute Gasteiger partial charge is 0.347 e. The summed E-state index contributed by atoms with van der Waals surface area (Å²) in [4.78, 5) is 2.40. The van der Waals surface area contributed by atoms with Crippen LogP contribution in [-0.4, -0.2) is 43.0 Å². The van der Waals surface area contributed by atoms with Gasteiger partial charge in [0.15, 0.2) is 5.79 Å². The van der Waals surface area contributed by atoms with Gasteiger partial charge in [0.25, 0.3) is 0 Å². The highest BCUT2D eigenvalue weighted by Gasteiger charge is 2.43. The molecule has 88 valence electrons. The minimum absolute atomic E-state index is 0.183. The third kappa shape index (κ3) is 2.52. The molecule has 1 saturated carbocycles. The van der Waals surface area contributed by atoms with Crippen LogP contribution < -0.4 is 0 Å². The van der Waals surface area contributed by atoms with Gasteiger partial charge in [-0.15, -0.1) is 0 Å². The first-order chi connectivity index (χ1) is 7.28. The topological polar surface area (TPSA) is 21.7 Å². The lowest BCUT2D eigenvalue weighted by atomic mass is 10.2. The molecular weight excluding hydrogens is 190 g/mol. The van der Waals surface area contributed by atoms with Crippen LogP contribution in [0.5, 0.6) is 0 Å². The molecule has 0 aromatic rings. The first-order valence-electron chi connectivity index (χ1n) is 6.32. The van der Waals surface area contributed by atoms with E-state index in [2.05, 4.69) is 18.7 Å². The fraction of sp³-hybridized carbons (Fsp3) is 1.00. The Morgan fingerprint density at radius 3 is 2.47 bits per heavy atom. The van der Waals surface area contributed by atoms with E-state index in [-0.39, 0.29) is 5.79 Å². The molecule has 0 aromatic carbocycles. The molecule has 3 nitrogen and oxygen atoms in total. The molecule has 2 rings (SSSR count). The number of nitrogens with zero attached hydrogens (tertiary/aromatic N) is 1. The van der Waals surface area contributed by atoms with Crippen molar-refractivity contribution in [3.05, 3.63) is 0 Å². The van der Waals surface area contributed by atoms with Crippen molar-refractivity contribution in [3.8, 4) is 0 Å². The third-order valence-corrected chi connectivity index (χ3v) is 3.64. The van der Waals surface area contributed by atoms with E-state index in [1.54, 1.807) is 0 Å². The standard InChI is InChI=1S/C12H23NO2/c1-3-13(4-2)9-11-10-14-12(15-11)7-5-6-8-12/h11H,3-10H2,1-2H3. The number of hydrogen-bond donors (Lipinski definition) is 0. The van der Waals surface area contributed by atoms with Crippen LogP contribution in [0.25, 0.3) is 0 Å². The average Bonchev–Trinajstić information content (AvgIpc) is 2.87. The molecule has 0 aromatic heterocycles. The van der Waals surface area contributed by atoms with Gasteiger partial charge in [-0.25, -0.2) is 0 Å². The minimum atomic E-state index is -0.183.